The first-order valence-electron chi connectivity index (χ1n) is 4.62. The van der Waals surface area contributed by atoms with E-state index in [9.17, 15) is 0 Å². The number of rotatable bonds is 5. The van der Waals surface area contributed by atoms with Crippen LogP contribution in [-0.4, -0.2) is 19.3 Å². The molecule has 1 unspecified atom stereocenters. The molecule has 1 aliphatic carbocycles. The Morgan fingerprint density at radius 1 is 1.55 bits per heavy atom. The lowest BCUT2D eigenvalue weighted by atomic mass is 9.83. The SMILES string of the molecule is CC(N)COCCC1CCC1. The van der Waals surface area contributed by atoms with Gasteiger partial charge in [-0.25, -0.2) is 0 Å². The maximum Gasteiger partial charge on any atom is 0.0614 e. The van der Waals surface area contributed by atoms with Crippen molar-refractivity contribution in [2.75, 3.05) is 13.2 Å². The fourth-order valence-corrected chi connectivity index (χ4v) is 1.30. The highest BCUT2D eigenvalue weighted by molar-refractivity contribution is 4.68. The lowest BCUT2D eigenvalue weighted by molar-refractivity contribution is 0.0990. The normalized spacial score (nSPS) is 21.3. The summed E-state index contributed by atoms with van der Waals surface area (Å²) in [7, 11) is 0. The smallest absolute Gasteiger partial charge is 0.0614 e. The summed E-state index contributed by atoms with van der Waals surface area (Å²) in [6.07, 6.45) is 5.51. The van der Waals surface area contributed by atoms with Gasteiger partial charge >= 0.3 is 0 Å². The number of nitrogens with two attached hydrogens (primary N) is 1. The zero-order valence-electron chi connectivity index (χ0n) is 7.38. The quantitative estimate of drug-likeness (QED) is 0.614. The van der Waals surface area contributed by atoms with Crippen molar-refractivity contribution in [2.24, 2.45) is 11.7 Å². The molecule has 0 bridgehead atoms. The Morgan fingerprint density at radius 3 is 2.73 bits per heavy atom. The highest BCUT2D eigenvalue weighted by Crippen LogP contribution is 2.28. The van der Waals surface area contributed by atoms with E-state index in [-0.39, 0.29) is 6.04 Å². The van der Waals surface area contributed by atoms with Gasteiger partial charge < -0.3 is 10.5 Å². The molecule has 0 aliphatic heterocycles. The van der Waals surface area contributed by atoms with Crippen molar-refractivity contribution in [1.29, 1.82) is 0 Å². The average molecular weight is 157 g/mol. The van der Waals surface area contributed by atoms with Crippen LogP contribution in [0.25, 0.3) is 0 Å². The van der Waals surface area contributed by atoms with Crippen LogP contribution >= 0.6 is 0 Å². The van der Waals surface area contributed by atoms with Gasteiger partial charge in [-0.1, -0.05) is 19.3 Å². The molecule has 1 atom stereocenters. The minimum atomic E-state index is 0.191. The predicted octanol–water partition coefficient (Wildman–Crippen LogP) is 1.54. The third kappa shape index (κ3) is 3.73. The fourth-order valence-electron chi connectivity index (χ4n) is 1.30. The first kappa shape index (κ1) is 9.01. The molecule has 0 radical (unpaired) electrons. The summed E-state index contributed by atoms with van der Waals surface area (Å²) >= 11 is 0. The molecule has 0 saturated heterocycles. The van der Waals surface area contributed by atoms with Gasteiger partial charge in [0.25, 0.3) is 0 Å². The Labute approximate surface area is 69.1 Å². The van der Waals surface area contributed by atoms with Crippen LogP contribution in [-0.2, 0) is 4.74 Å². The highest BCUT2D eigenvalue weighted by Gasteiger charge is 2.16. The van der Waals surface area contributed by atoms with E-state index in [1.54, 1.807) is 0 Å². The molecule has 0 aromatic carbocycles. The van der Waals surface area contributed by atoms with Crippen molar-refractivity contribution >= 4 is 0 Å². The standard InChI is InChI=1S/C9H19NO/c1-8(10)7-11-6-5-9-3-2-4-9/h8-9H,2-7,10H2,1H3. The van der Waals surface area contributed by atoms with Gasteiger partial charge in [-0.15, -0.1) is 0 Å². The number of hydrogen-bond donors (Lipinski definition) is 1. The summed E-state index contributed by atoms with van der Waals surface area (Å²) in [4.78, 5) is 0. The Balaban J connectivity index is 1.80. The second-order valence-electron chi connectivity index (χ2n) is 3.64. The van der Waals surface area contributed by atoms with E-state index in [0.717, 1.165) is 12.5 Å². The largest absolute Gasteiger partial charge is 0.380 e. The molecule has 2 N–H and O–H groups in total. The van der Waals surface area contributed by atoms with Crippen LogP contribution in [0.5, 0.6) is 0 Å². The molecule has 2 heteroatoms. The second-order valence-corrected chi connectivity index (χ2v) is 3.64. The van der Waals surface area contributed by atoms with E-state index >= 15 is 0 Å². The first-order valence-corrected chi connectivity index (χ1v) is 4.62. The van der Waals surface area contributed by atoms with Gasteiger partial charge in [0.2, 0.25) is 0 Å². The molecule has 0 aromatic rings. The predicted molar refractivity (Wildman–Crippen MR) is 46.4 cm³/mol. The summed E-state index contributed by atoms with van der Waals surface area (Å²) in [6, 6.07) is 0.191. The first-order chi connectivity index (χ1) is 5.29. The van der Waals surface area contributed by atoms with E-state index in [1.165, 1.54) is 25.7 Å². The van der Waals surface area contributed by atoms with Gasteiger partial charge in [-0.05, 0) is 19.3 Å². The maximum absolute atomic E-state index is 5.53. The van der Waals surface area contributed by atoms with E-state index in [2.05, 4.69) is 0 Å². The lowest BCUT2D eigenvalue weighted by Gasteiger charge is -2.25. The van der Waals surface area contributed by atoms with Gasteiger partial charge in [0.05, 0.1) is 6.61 Å². The number of hydrogen-bond acceptors (Lipinski definition) is 2. The van der Waals surface area contributed by atoms with Crippen LogP contribution in [0.1, 0.15) is 32.6 Å². The lowest BCUT2D eigenvalue weighted by Crippen LogP contribution is -2.23. The van der Waals surface area contributed by atoms with E-state index in [1.807, 2.05) is 6.92 Å². The van der Waals surface area contributed by atoms with Crippen LogP contribution in [0.3, 0.4) is 0 Å². The minimum Gasteiger partial charge on any atom is -0.380 e. The van der Waals surface area contributed by atoms with Crippen molar-refractivity contribution in [2.45, 2.75) is 38.6 Å². The molecule has 0 amide bonds. The molecule has 66 valence electrons. The Hall–Kier alpha value is -0.0800. The maximum atomic E-state index is 5.53. The van der Waals surface area contributed by atoms with E-state index in [0.29, 0.717) is 6.61 Å². The molecular weight excluding hydrogens is 138 g/mol. The van der Waals surface area contributed by atoms with E-state index in [4.69, 9.17) is 10.5 Å². The fraction of sp³-hybridized carbons (Fsp3) is 1.00. The van der Waals surface area contributed by atoms with Gasteiger partial charge in [0, 0.05) is 12.6 Å². The van der Waals surface area contributed by atoms with Gasteiger partial charge in [0.15, 0.2) is 0 Å². The molecule has 0 spiro atoms. The van der Waals surface area contributed by atoms with Crippen molar-refractivity contribution in [1.82, 2.24) is 0 Å². The summed E-state index contributed by atoms with van der Waals surface area (Å²) in [5.74, 6) is 0.961. The molecule has 2 nitrogen and oxygen atoms in total. The highest BCUT2D eigenvalue weighted by atomic mass is 16.5. The van der Waals surface area contributed by atoms with Crippen molar-refractivity contribution in [3.05, 3.63) is 0 Å². The molecule has 0 aromatic heterocycles. The topological polar surface area (TPSA) is 35.2 Å². The van der Waals surface area contributed by atoms with Crippen molar-refractivity contribution < 1.29 is 4.74 Å². The molecule has 1 rings (SSSR count). The molecule has 1 fully saturated rings. The van der Waals surface area contributed by atoms with Gasteiger partial charge in [-0.3, -0.25) is 0 Å². The van der Waals surface area contributed by atoms with Crippen LogP contribution in [0, 0.1) is 5.92 Å². The summed E-state index contributed by atoms with van der Waals surface area (Å²) in [5.41, 5.74) is 5.53. The van der Waals surface area contributed by atoms with Crippen LogP contribution in [0.2, 0.25) is 0 Å². The third-order valence-corrected chi connectivity index (χ3v) is 2.28. The third-order valence-electron chi connectivity index (χ3n) is 2.28. The van der Waals surface area contributed by atoms with Crippen LogP contribution < -0.4 is 5.73 Å². The number of ether oxygens (including phenoxy) is 1. The monoisotopic (exact) mass is 157 g/mol. The van der Waals surface area contributed by atoms with Crippen LogP contribution in [0.15, 0.2) is 0 Å². The zero-order chi connectivity index (χ0) is 8.10. The second kappa shape index (κ2) is 4.73. The summed E-state index contributed by atoms with van der Waals surface area (Å²) in [6.45, 7) is 3.60. The molecule has 1 aliphatic rings. The molecular formula is C9H19NO. The average Bonchev–Trinajstić information content (AvgIpc) is 1.82. The molecule has 11 heavy (non-hydrogen) atoms. The minimum absolute atomic E-state index is 0.191. The Morgan fingerprint density at radius 2 is 2.27 bits per heavy atom. The van der Waals surface area contributed by atoms with Crippen LogP contribution in [0.4, 0.5) is 0 Å². The van der Waals surface area contributed by atoms with E-state index < -0.39 is 0 Å². The Kier molecular flexibility index (Phi) is 3.87. The summed E-state index contributed by atoms with van der Waals surface area (Å²) < 4.78 is 5.38. The zero-order valence-corrected chi connectivity index (χ0v) is 7.38. The van der Waals surface area contributed by atoms with Crippen molar-refractivity contribution in [3.63, 3.8) is 0 Å². The Bertz CT molecular complexity index is 99.7. The molecule has 0 heterocycles. The molecule has 1 saturated carbocycles. The summed E-state index contributed by atoms with van der Waals surface area (Å²) in [5, 5.41) is 0. The van der Waals surface area contributed by atoms with Crippen molar-refractivity contribution in [3.8, 4) is 0 Å². The van der Waals surface area contributed by atoms with Gasteiger partial charge in [0.1, 0.15) is 0 Å². The van der Waals surface area contributed by atoms with Gasteiger partial charge in [-0.2, -0.15) is 0 Å².